The first-order chi connectivity index (χ1) is 17.2. The van der Waals surface area contributed by atoms with Crippen molar-refractivity contribution in [1.29, 1.82) is 0 Å². The zero-order valence-corrected chi connectivity index (χ0v) is 21.7. The van der Waals surface area contributed by atoms with Crippen molar-refractivity contribution < 1.29 is 30.5 Å². The zero-order valence-electron chi connectivity index (χ0n) is 20.1. The van der Waals surface area contributed by atoms with E-state index in [1.54, 1.807) is 42.5 Å². The molecule has 0 amide bonds. The van der Waals surface area contributed by atoms with E-state index in [1.807, 2.05) is 37.3 Å². The zero-order chi connectivity index (χ0) is 25.7. The molecule has 0 spiro atoms. The summed E-state index contributed by atoms with van der Waals surface area (Å²) in [5.41, 5.74) is 1.75. The largest absolute Gasteiger partial charge is 0.343 e. The quantitative estimate of drug-likeness (QED) is 0.264. The normalized spacial score (nSPS) is 20.4. The molecule has 36 heavy (non-hydrogen) atoms. The molecule has 1 fully saturated rings. The van der Waals surface area contributed by atoms with Gasteiger partial charge in [0, 0.05) is 12.0 Å². The van der Waals surface area contributed by atoms with Crippen LogP contribution in [0, 0.1) is 6.92 Å². The van der Waals surface area contributed by atoms with Gasteiger partial charge in [0.05, 0.1) is 34.9 Å². The van der Waals surface area contributed by atoms with Crippen LogP contribution < -0.4 is 0 Å². The van der Waals surface area contributed by atoms with Gasteiger partial charge in [0.2, 0.25) is 0 Å². The van der Waals surface area contributed by atoms with Crippen molar-refractivity contribution in [3.8, 4) is 0 Å². The van der Waals surface area contributed by atoms with E-state index in [9.17, 15) is 16.8 Å². The Morgan fingerprint density at radius 3 is 2.14 bits per heavy atom. The van der Waals surface area contributed by atoms with Crippen LogP contribution in [0.3, 0.4) is 0 Å². The first-order valence-corrected chi connectivity index (χ1v) is 14.9. The highest BCUT2D eigenvalue weighted by Gasteiger charge is 2.44. The summed E-state index contributed by atoms with van der Waals surface area (Å²) in [6.45, 7) is 2.04. The van der Waals surface area contributed by atoms with Crippen LogP contribution in [0.4, 0.5) is 0 Å². The van der Waals surface area contributed by atoms with Crippen molar-refractivity contribution in [2.24, 2.45) is 0 Å². The number of ether oxygens (including phenoxy) is 2. The van der Waals surface area contributed by atoms with Gasteiger partial charge < -0.3 is 9.47 Å². The molecule has 2 atom stereocenters. The molecule has 1 heterocycles. The summed E-state index contributed by atoms with van der Waals surface area (Å²) in [4.78, 5) is 0.372. The molecule has 1 aliphatic rings. The highest BCUT2D eigenvalue weighted by molar-refractivity contribution is 7.91. The topological polar surface area (TPSA) is 96.0 Å². The minimum Gasteiger partial charge on any atom is -0.343 e. The highest BCUT2D eigenvalue weighted by atomic mass is 32.2. The minimum atomic E-state index is -3.83. The van der Waals surface area contributed by atoms with Crippen LogP contribution in [0.5, 0.6) is 0 Å². The summed E-state index contributed by atoms with van der Waals surface area (Å²) in [7, 11) is -7.37. The highest BCUT2D eigenvalue weighted by Crippen LogP contribution is 2.39. The van der Waals surface area contributed by atoms with E-state index >= 15 is 0 Å². The van der Waals surface area contributed by atoms with Crippen molar-refractivity contribution in [3.05, 3.63) is 96.1 Å². The van der Waals surface area contributed by atoms with Gasteiger partial charge in [0.1, 0.15) is 0 Å². The first kappa shape index (κ1) is 26.5. The Kier molecular flexibility index (Phi) is 8.27. The van der Waals surface area contributed by atoms with Crippen molar-refractivity contribution in [2.75, 3.05) is 19.0 Å². The van der Waals surface area contributed by atoms with Crippen molar-refractivity contribution in [2.45, 2.75) is 47.9 Å². The number of sulfone groups is 1. The number of hydrogen-bond donors (Lipinski definition) is 0. The number of rotatable bonds is 11. The van der Waals surface area contributed by atoms with Gasteiger partial charge in [-0.2, -0.15) is 8.42 Å². The summed E-state index contributed by atoms with van der Waals surface area (Å²) in [6.07, 6.45) is 0.802. The van der Waals surface area contributed by atoms with Gasteiger partial charge in [-0.25, -0.2) is 8.42 Å². The molecule has 4 rings (SSSR count). The maximum Gasteiger partial charge on any atom is 0.296 e. The third-order valence-corrected chi connectivity index (χ3v) is 9.16. The average Bonchev–Trinajstić information content (AvgIpc) is 3.28. The fourth-order valence-corrected chi connectivity index (χ4v) is 6.50. The van der Waals surface area contributed by atoms with E-state index in [4.69, 9.17) is 13.7 Å². The van der Waals surface area contributed by atoms with E-state index in [-0.39, 0.29) is 28.8 Å². The number of unbranched alkanes of at least 4 members (excludes halogenated alkanes) is 1. The molecule has 0 aromatic heterocycles. The van der Waals surface area contributed by atoms with Crippen LogP contribution in [0.1, 0.15) is 30.4 Å². The fourth-order valence-electron chi connectivity index (χ4n) is 4.14. The van der Waals surface area contributed by atoms with Crippen molar-refractivity contribution >= 4 is 20.0 Å². The van der Waals surface area contributed by atoms with Crippen LogP contribution >= 0.6 is 0 Å². The van der Waals surface area contributed by atoms with E-state index in [0.717, 1.165) is 11.1 Å². The van der Waals surface area contributed by atoms with E-state index in [0.29, 0.717) is 19.3 Å². The van der Waals surface area contributed by atoms with Crippen LogP contribution in [-0.2, 0) is 39.4 Å². The Balaban J connectivity index is 1.38. The molecule has 2 unspecified atom stereocenters. The van der Waals surface area contributed by atoms with Gasteiger partial charge in [-0.3, -0.25) is 4.18 Å². The molecule has 9 heteroatoms. The van der Waals surface area contributed by atoms with Gasteiger partial charge in [0.15, 0.2) is 15.6 Å². The van der Waals surface area contributed by atoms with Gasteiger partial charge in [-0.05, 0) is 44.0 Å². The monoisotopic (exact) mass is 530 g/mol. The van der Waals surface area contributed by atoms with Gasteiger partial charge in [-0.1, -0.05) is 66.2 Å². The molecule has 0 radical (unpaired) electrons. The Labute approximate surface area is 213 Å². The van der Waals surface area contributed by atoms with Crippen LogP contribution in [-0.4, -0.2) is 41.9 Å². The Morgan fingerprint density at radius 2 is 1.47 bits per heavy atom. The summed E-state index contributed by atoms with van der Waals surface area (Å²) in [6, 6.07) is 24.2. The molecule has 7 nitrogen and oxygen atoms in total. The lowest BCUT2D eigenvalue weighted by Gasteiger charge is -2.29. The molecule has 0 saturated carbocycles. The summed E-state index contributed by atoms with van der Waals surface area (Å²) < 4.78 is 68.1. The van der Waals surface area contributed by atoms with Crippen LogP contribution in [0.15, 0.2) is 94.7 Å². The van der Waals surface area contributed by atoms with Gasteiger partial charge in [0.25, 0.3) is 10.1 Å². The Bertz CT molecular complexity index is 1340. The number of aryl methyl sites for hydroxylation is 1. The second kappa shape index (κ2) is 11.2. The summed E-state index contributed by atoms with van der Waals surface area (Å²) >= 11 is 0. The standard InChI is InChI=1S/C27H30O7S2/c1-22-14-16-26(17-15-22)36(30,31)33-19-9-8-18-27(23-10-4-2-5-11-23)32-20-24(34-27)21-35(28,29)25-12-6-3-7-13-25/h2-7,10-17,24H,8-9,18-21H2,1H3. The molecule has 0 aliphatic carbocycles. The van der Waals surface area contributed by atoms with Crippen LogP contribution in [0.25, 0.3) is 0 Å². The molecular weight excluding hydrogens is 500 g/mol. The smallest absolute Gasteiger partial charge is 0.296 e. The SMILES string of the molecule is Cc1ccc(S(=O)(=O)OCCCCC2(c3ccccc3)OCC(CS(=O)(=O)c3ccccc3)O2)cc1. The molecule has 0 bridgehead atoms. The lowest BCUT2D eigenvalue weighted by molar-refractivity contribution is -0.180. The van der Waals surface area contributed by atoms with Crippen molar-refractivity contribution in [3.63, 3.8) is 0 Å². The molecule has 3 aromatic carbocycles. The predicted octanol–water partition coefficient (Wildman–Crippen LogP) is 4.61. The molecule has 192 valence electrons. The lowest BCUT2D eigenvalue weighted by atomic mass is 10.00. The summed E-state index contributed by atoms with van der Waals surface area (Å²) in [5, 5.41) is 0. The average molecular weight is 531 g/mol. The second-order valence-electron chi connectivity index (χ2n) is 8.81. The van der Waals surface area contributed by atoms with Crippen molar-refractivity contribution in [1.82, 2.24) is 0 Å². The Morgan fingerprint density at radius 1 is 0.833 bits per heavy atom. The van der Waals surface area contributed by atoms with E-state index < -0.39 is 31.8 Å². The van der Waals surface area contributed by atoms with E-state index in [1.165, 1.54) is 12.1 Å². The maximum absolute atomic E-state index is 12.9. The second-order valence-corrected chi connectivity index (χ2v) is 12.5. The van der Waals surface area contributed by atoms with Gasteiger partial charge >= 0.3 is 0 Å². The fraction of sp³-hybridized carbons (Fsp3) is 0.333. The summed E-state index contributed by atoms with van der Waals surface area (Å²) in [5.74, 6) is -1.29. The third-order valence-electron chi connectivity index (χ3n) is 6.03. The number of hydrogen-bond acceptors (Lipinski definition) is 7. The predicted molar refractivity (Wildman–Crippen MR) is 136 cm³/mol. The van der Waals surface area contributed by atoms with Crippen LogP contribution in [0.2, 0.25) is 0 Å². The molecule has 0 N–H and O–H groups in total. The molecule has 1 saturated heterocycles. The molecular formula is C27H30O7S2. The van der Waals surface area contributed by atoms with Gasteiger partial charge in [-0.15, -0.1) is 0 Å². The minimum absolute atomic E-state index is 0.0207. The third kappa shape index (κ3) is 6.41. The van der Waals surface area contributed by atoms with E-state index in [2.05, 4.69) is 0 Å². The first-order valence-electron chi connectivity index (χ1n) is 11.8. The maximum atomic E-state index is 12.9. The molecule has 1 aliphatic heterocycles. The molecule has 3 aromatic rings. The Hall–Kier alpha value is -2.56. The number of benzene rings is 3. The lowest BCUT2D eigenvalue weighted by Crippen LogP contribution is -2.30.